The molecule has 3 heteroatoms. The van der Waals surface area contributed by atoms with Crippen molar-refractivity contribution < 1.29 is 0 Å². The van der Waals surface area contributed by atoms with Gasteiger partial charge in [-0.3, -0.25) is 0 Å². The first kappa shape index (κ1) is 11.6. The summed E-state index contributed by atoms with van der Waals surface area (Å²) in [5, 5.41) is 0. The lowest BCUT2D eigenvalue weighted by molar-refractivity contribution is 0.388. The Morgan fingerprint density at radius 2 is 2.06 bits per heavy atom. The second-order valence-electron chi connectivity index (χ2n) is 5.77. The molecule has 1 fully saturated rings. The van der Waals surface area contributed by atoms with E-state index in [0.29, 0.717) is 5.92 Å². The van der Waals surface area contributed by atoms with Crippen molar-refractivity contribution in [2.24, 2.45) is 5.73 Å². The van der Waals surface area contributed by atoms with Gasteiger partial charge in [0.25, 0.3) is 0 Å². The van der Waals surface area contributed by atoms with E-state index in [1.165, 1.54) is 37.8 Å². The van der Waals surface area contributed by atoms with Crippen molar-refractivity contribution in [2.75, 3.05) is 0 Å². The van der Waals surface area contributed by atoms with Crippen LogP contribution in [-0.2, 0) is 6.54 Å². The highest BCUT2D eigenvalue weighted by Gasteiger charge is 2.21. The average Bonchev–Trinajstić information content (AvgIpc) is 2.64. The van der Waals surface area contributed by atoms with Crippen LogP contribution < -0.4 is 5.73 Å². The summed E-state index contributed by atoms with van der Waals surface area (Å²) in [4.78, 5) is 4.29. The van der Waals surface area contributed by atoms with Crippen LogP contribution in [0.1, 0.15) is 57.6 Å². The molecule has 0 aliphatic heterocycles. The van der Waals surface area contributed by atoms with Gasteiger partial charge in [-0.25, -0.2) is 4.98 Å². The van der Waals surface area contributed by atoms with Crippen molar-refractivity contribution in [2.45, 2.75) is 64.0 Å². The summed E-state index contributed by atoms with van der Waals surface area (Å²) in [6.07, 6.45) is 10.7. The molecular weight excluding hydrogens is 198 g/mol. The zero-order valence-electron chi connectivity index (χ0n) is 10.4. The van der Waals surface area contributed by atoms with Gasteiger partial charge in [0.05, 0.1) is 6.33 Å². The van der Waals surface area contributed by atoms with Gasteiger partial charge >= 0.3 is 0 Å². The SMILES string of the molecule is CC(C)(N)Cn1cncc1C1CCCCC1. The van der Waals surface area contributed by atoms with E-state index in [2.05, 4.69) is 23.4 Å². The van der Waals surface area contributed by atoms with Gasteiger partial charge in [-0.15, -0.1) is 0 Å². The molecule has 0 bridgehead atoms. The molecule has 1 aliphatic rings. The Labute approximate surface area is 98.1 Å². The molecule has 0 radical (unpaired) electrons. The first-order valence-electron chi connectivity index (χ1n) is 6.35. The van der Waals surface area contributed by atoms with Gasteiger partial charge in [-0.2, -0.15) is 0 Å². The van der Waals surface area contributed by atoms with E-state index in [9.17, 15) is 0 Å². The number of hydrogen-bond donors (Lipinski definition) is 1. The Balaban J connectivity index is 2.11. The zero-order chi connectivity index (χ0) is 11.6. The predicted molar refractivity (Wildman–Crippen MR) is 66.3 cm³/mol. The van der Waals surface area contributed by atoms with Gasteiger partial charge in [0.1, 0.15) is 0 Å². The van der Waals surface area contributed by atoms with Crippen LogP contribution in [-0.4, -0.2) is 15.1 Å². The summed E-state index contributed by atoms with van der Waals surface area (Å²) < 4.78 is 2.25. The third-order valence-corrected chi connectivity index (χ3v) is 3.35. The molecule has 0 aromatic carbocycles. The van der Waals surface area contributed by atoms with Crippen molar-refractivity contribution in [3.05, 3.63) is 18.2 Å². The molecule has 1 aromatic rings. The number of nitrogens with zero attached hydrogens (tertiary/aromatic N) is 2. The number of rotatable bonds is 3. The van der Waals surface area contributed by atoms with E-state index in [1.807, 2.05) is 12.5 Å². The van der Waals surface area contributed by atoms with Crippen LogP contribution in [0.2, 0.25) is 0 Å². The molecule has 0 amide bonds. The Morgan fingerprint density at radius 3 is 2.69 bits per heavy atom. The number of imidazole rings is 1. The molecule has 2 rings (SSSR count). The number of aromatic nitrogens is 2. The third-order valence-electron chi connectivity index (χ3n) is 3.35. The van der Waals surface area contributed by atoms with Crippen LogP contribution in [0.4, 0.5) is 0 Å². The van der Waals surface area contributed by atoms with Crippen LogP contribution in [0.3, 0.4) is 0 Å². The molecule has 3 nitrogen and oxygen atoms in total. The highest BCUT2D eigenvalue weighted by Crippen LogP contribution is 2.32. The minimum atomic E-state index is -0.163. The van der Waals surface area contributed by atoms with Gasteiger partial charge in [0, 0.05) is 29.9 Å². The summed E-state index contributed by atoms with van der Waals surface area (Å²) in [5.74, 6) is 0.707. The normalized spacial score (nSPS) is 18.9. The lowest BCUT2D eigenvalue weighted by Gasteiger charge is -2.26. The van der Waals surface area contributed by atoms with Crippen LogP contribution >= 0.6 is 0 Å². The van der Waals surface area contributed by atoms with E-state index < -0.39 is 0 Å². The quantitative estimate of drug-likeness (QED) is 0.852. The molecule has 1 saturated carbocycles. The summed E-state index contributed by atoms with van der Waals surface area (Å²) in [6.45, 7) is 4.99. The smallest absolute Gasteiger partial charge is 0.0948 e. The Kier molecular flexibility index (Phi) is 3.33. The molecule has 16 heavy (non-hydrogen) atoms. The minimum absolute atomic E-state index is 0.163. The fourth-order valence-electron chi connectivity index (χ4n) is 2.64. The Hall–Kier alpha value is -0.830. The van der Waals surface area contributed by atoms with Crippen LogP contribution in [0.15, 0.2) is 12.5 Å². The lowest BCUT2D eigenvalue weighted by Crippen LogP contribution is -2.37. The molecule has 0 spiro atoms. The van der Waals surface area contributed by atoms with E-state index >= 15 is 0 Å². The third kappa shape index (κ3) is 2.85. The van der Waals surface area contributed by atoms with E-state index in [1.54, 1.807) is 0 Å². The van der Waals surface area contributed by atoms with Gasteiger partial charge in [-0.05, 0) is 26.7 Å². The van der Waals surface area contributed by atoms with Gasteiger partial charge in [0.2, 0.25) is 0 Å². The molecule has 1 aromatic heterocycles. The highest BCUT2D eigenvalue weighted by atomic mass is 15.1. The monoisotopic (exact) mass is 221 g/mol. The van der Waals surface area contributed by atoms with Crippen molar-refractivity contribution >= 4 is 0 Å². The Morgan fingerprint density at radius 1 is 1.38 bits per heavy atom. The summed E-state index contributed by atoms with van der Waals surface area (Å²) in [7, 11) is 0. The molecular formula is C13H23N3. The lowest BCUT2D eigenvalue weighted by atomic mass is 9.87. The molecule has 0 atom stereocenters. The molecule has 0 unspecified atom stereocenters. The zero-order valence-corrected chi connectivity index (χ0v) is 10.4. The summed E-state index contributed by atoms with van der Waals surface area (Å²) in [5.41, 5.74) is 7.30. The maximum atomic E-state index is 6.08. The van der Waals surface area contributed by atoms with Crippen LogP contribution in [0.25, 0.3) is 0 Å². The average molecular weight is 221 g/mol. The fraction of sp³-hybridized carbons (Fsp3) is 0.769. The van der Waals surface area contributed by atoms with Crippen molar-refractivity contribution in [3.63, 3.8) is 0 Å². The minimum Gasteiger partial charge on any atom is -0.333 e. The van der Waals surface area contributed by atoms with Crippen molar-refractivity contribution in [1.82, 2.24) is 9.55 Å². The predicted octanol–water partition coefficient (Wildman–Crippen LogP) is 2.67. The molecule has 0 saturated heterocycles. The standard InChI is InChI=1S/C13H23N3/c1-13(2,14)9-16-10-15-8-12(16)11-6-4-3-5-7-11/h8,10-11H,3-7,9,14H2,1-2H3. The maximum absolute atomic E-state index is 6.08. The summed E-state index contributed by atoms with van der Waals surface area (Å²) >= 11 is 0. The number of nitrogens with two attached hydrogens (primary N) is 1. The molecule has 2 N–H and O–H groups in total. The van der Waals surface area contributed by atoms with E-state index in [-0.39, 0.29) is 5.54 Å². The van der Waals surface area contributed by atoms with Crippen LogP contribution in [0, 0.1) is 0 Å². The largest absolute Gasteiger partial charge is 0.333 e. The van der Waals surface area contributed by atoms with E-state index in [0.717, 1.165) is 6.54 Å². The Bertz CT molecular complexity index is 329. The molecule has 90 valence electrons. The maximum Gasteiger partial charge on any atom is 0.0948 e. The van der Waals surface area contributed by atoms with Gasteiger partial charge in [-0.1, -0.05) is 19.3 Å². The van der Waals surface area contributed by atoms with Crippen LogP contribution in [0.5, 0.6) is 0 Å². The van der Waals surface area contributed by atoms with E-state index in [4.69, 9.17) is 5.73 Å². The van der Waals surface area contributed by atoms with Crippen molar-refractivity contribution in [3.8, 4) is 0 Å². The summed E-state index contributed by atoms with van der Waals surface area (Å²) in [6, 6.07) is 0. The first-order chi connectivity index (χ1) is 7.56. The number of hydrogen-bond acceptors (Lipinski definition) is 2. The fourth-order valence-corrected chi connectivity index (χ4v) is 2.64. The highest BCUT2D eigenvalue weighted by molar-refractivity contribution is 5.08. The van der Waals surface area contributed by atoms with Gasteiger partial charge < -0.3 is 10.3 Å². The first-order valence-corrected chi connectivity index (χ1v) is 6.35. The van der Waals surface area contributed by atoms with Crippen molar-refractivity contribution in [1.29, 1.82) is 0 Å². The topological polar surface area (TPSA) is 43.8 Å². The molecule has 1 heterocycles. The van der Waals surface area contributed by atoms with Gasteiger partial charge in [0.15, 0.2) is 0 Å². The second-order valence-corrected chi connectivity index (χ2v) is 5.77. The second kappa shape index (κ2) is 4.58. The molecule has 1 aliphatic carbocycles.